The number of pyridine rings is 1. The molecule has 0 spiro atoms. The van der Waals surface area contributed by atoms with E-state index in [-0.39, 0.29) is 11.2 Å². The summed E-state index contributed by atoms with van der Waals surface area (Å²) in [5.41, 5.74) is 1.76. The van der Waals surface area contributed by atoms with Gasteiger partial charge in [-0.05, 0) is 43.7 Å². The van der Waals surface area contributed by atoms with Crippen LogP contribution >= 0.6 is 11.9 Å². The first-order valence-corrected chi connectivity index (χ1v) is 7.24. The van der Waals surface area contributed by atoms with Crippen molar-refractivity contribution in [2.75, 3.05) is 11.9 Å². The Labute approximate surface area is 111 Å². The van der Waals surface area contributed by atoms with E-state index in [1.165, 1.54) is 12.8 Å². The summed E-state index contributed by atoms with van der Waals surface area (Å²) in [6.45, 7) is 2.89. The molecule has 1 aromatic heterocycles. The predicted octanol–water partition coefficient (Wildman–Crippen LogP) is 1.97. The zero-order chi connectivity index (χ0) is 12.5. The Balaban J connectivity index is 1.67. The molecular weight excluding hydrogens is 246 g/mol. The van der Waals surface area contributed by atoms with E-state index in [0.29, 0.717) is 5.92 Å². The molecule has 1 aliphatic heterocycles. The van der Waals surface area contributed by atoms with Gasteiger partial charge in [-0.25, -0.2) is 0 Å². The molecule has 1 amide bonds. The third kappa shape index (κ3) is 2.52. The van der Waals surface area contributed by atoms with E-state index in [4.69, 9.17) is 0 Å². The minimum absolute atomic E-state index is 0.0472. The van der Waals surface area contributed by atoms with Crippen molar-refractivity contribution in [3.8, 4) is 0 Å². The van der Waals surface area contributed by atoms with Crippen molar-refractivity contribution < 1.29 is 4.79 Å². The van der Waals surface area contributed by atoms with E-state index in [1.807, 2.05) is 19.1 Å². The van der Waals surface area contributed by atoms with Crippen LogP contribution in [0, 0.1) is 18.8 Å². The van der Waals surface area contributed by atoms with Gasteiger partial charge in [-0.1, -0.05) is 11.9 Å². The Morgan fingerprint density at radius 2 is 2.39 bits per heavy atom. The highest BCUT2D eigenvalue weighted by Crippen LogP contribution is 2.43. The topological polar surface area (TPSA) is 54.0 Å². The molecule has 1 saturated heterocycles. The lowest BCUT2D eigenvalue weighted by Crippen LogP contribution is -2.31. The average molecular weight is 263 g/mol. The molecule has 2 heterocycles. The molecule has 0 radical (unpaired) electrons. The lowest BCUT2D eigenvalue weighted by molar-refractivity contribution is -0.116. The first kappa shape index (κ1) is 12.0. The highest BCUT2D eigenvalue weighted by atomic mass is 32.2. The van der Waals surface area contributed by atoms with Crippen molar-refractivity contribution in [3.05, 3.63) is 24.0 Å². The van der Waals surface area contributed by atoms with Crippen LogP contribution in [0.4, 0.5) is 5.69 Å². The van der Waals surface area contributed by atoms with Crippen LogP contribution in [0.5, 0.6) is 0 Å². The van der Waals surface area contributed by atoms with Gasteiger partial charge in [0.25, 0.3) is 0 Å². The average Bonchev–Trinajstić information content (AvgIpc) is 3.06. The molecule has 5 heteroatoms. The van der Waals surface area contributed by atoms with Gasteiger partial charge in [0.2, 0.25) is 5.91 Å². The lowest BCUT2D eigenvalue weighted by atomic mass is 9.99. The molecule has 0 aromatic carbocycles. The van der Waals surface area contributed by atoms with E-state index in [1.54, 1.807) is 18.1 Å². The number of nitrogens with one attached hydrogen (secondary N) is 2. The molecule has 1 saturated carbocycles. The van der Waals surface area contributed by atoms with Crippen LogP contribution in [-0.4, -0.2) is 22.7 Å². The lowest BCUT2D eigenvalue weighted by Gasteiger charge is -2.16. The summed E-state index contributed by atoms with van der Waals surface area (Å²) in [7, 11) is 0. The molecule has 96 valence electrons. The molecule has 18 heavy (non-hydrogen) atoms. The zero-order valence-corrected chi connectivity index (χ0v) is 11.2. The van der Waals surface area contributed by atoms with Crippen molar-refractivity contribution in [2.24, 2.45) is 11.8 Å². The molecule has 2 atom stereocenters. The fraction of sp³-hybridized carbons (Fsp3) is 0.538. The van der Waals surface area contributed by atoms with E-state index in [9.17, 15) is 4.79 Å². The van der Waals surface area contributed by atoms with Gasteiger partial charge < -0.3 is 5.32 Å². The highest BCUT2D eigenvalue weighted by molar-refractivity contribution is 7.99. The summed E-state index contributed by atoms with van der Waals surface area (Å²) >= 11 is 1.57. The van der Waals surface area contributed by atoms with Crippen LogP contribution in [-0.2, 0) is 4.79 Å². The number of nitrogens with zero attached hydrogens (tertiary/aromatic N) is 1. The van der Waals surface area contributed by atoms with Gasteiger partial charge in [-0.3, -0.25) is 14.5 Å². The second kappa shape index (κ2) is 4.90. The van der Waals surface area contributed by atoms with Gasteiger partial charge in [0, 0.05) is 24.1 Å². The van der Waals surface area contributed by atoms with Gasteiger partial charge in [-0.15, -0.1) is 0 Å². The normalized spacial score (nSPS) is 27.2. The third-order valence-electron chi connectivity index (χ3n) is 3.57. The standard InChI is InChI=1S/C13H17N3OS/c1-8-6-10(4-5-14-8)16-13(17)12-11(7-15-18-12)9-2-3-9/h4-6,9,11-12,15H,2-3,7H2,1H3,(H,14,16,17). The highest BCUT2D eigenvalue weighted by Gasteiger charge is 2.43. The minimum atomic E-state index is 0.0472. The summed E-state index contributed by atoms with van der Waals surface area (Å²) in [5.74, 6) is 1.37. The number of aromatic nitrogens is 1. The molecule has 4 nitrogen and oxygen atoms in total. The molecular formula is C13H17N3OS. The number of anilines is 1. The van der Waals surface area contributed by atoms with Gasteiger partial charge in [0.1, 0.15) is 5.25 Å². The van der Waals surface area contributed by atoms with Gasteiger partial charge in [0.05, 0.1) is 0 Å². The van der Waals surface area contributed by atoms with E-state index < -0.39 is 0 Å². The first-order valence-electron chi connectivity index (χ1n) is 6.36. The number of hydrogen-bond donors (Lipinski definition) is 2. The number of aryl methyl sites for hydroxylation is 1. The smallest absolute Gasteiger partial charge is 0.239 e. The van der Waals surface area contributed by atoms with E-state index in [2.05, 4.69) is 15.0 Å². The van der Waals surface area contributed by atoms with E-state index in [0.717, 1.165) is 23.8 Å². The molecule has 0 bridgehead atoms. The maximum Gasteiger partial charge on any atom is 0.239 e. The minimum Gasteiger partial charge on any atom is -0.325 e. The van der Waals surface area contributed by atoms with Crippen LogP contribution in [0.1, 0.15) is 18.5 Å². The summed E-state index contributed by atoms with van der Waals surface area (Å²) in [4.78, 5) is 16.4. The Morgan fingerprint density at radius 3 is 3.11 bits per heavy atom. The van der Waals surface area contributed by atoms with Crippen molar-refractivity contribution in [3.63, 3.8) is 0 Å². The second-order valence-electron chi connectivity index (χ2n) is 5.06. The molecule has 1 aliphatic carbocycles. The quantitative estimate of drug-likeness (QED) is 0.819. The largest absolute Gasteiger partial charge is 0.325 e. The maximum atomic E-state index is 12.3. The summed E-state index contributed by atoms with van der Waals surface area (Å²) < 4.78 is 3.27. The monoisotopic (exact) mass is 263 g/mol. The Morgan fingerprint density at radius 1 is 1.56 bits per heavy atom. The number of rotatable bonds is 3. The number of hydrogen-bond acceptors (Lipinski definition) is 4. The molecule has 2 aliphatic rings. The SMILES string of the molecule is Cc1cc(NC(=O)C2SNCC2C2CC2)ccn1. The number of amides is 1. The van der Waals surface area contributed by atoms with E-state index >= 15 is 0 Å². The summed E-state index contributed by atoms with van der Waals surface area (Å²) in [6, 6.07) is 3.74. The summed E-state index contributed by atoms with van der Waals surface area (Å²) in [6.07, 6.45) is 4.29. The molecule has 1 aromatic rings. The molecule has 2 N–H and O–H groups in total. The van der Waals surface area contributed by atoms with Gasteiger partial charge in [0.15, 0.2) is 0 Å². The fourth-order valence-corrected chi connectivity index (χ4v) is 3.58. The van der Waals surface area contributed by atoms with Crippen molar-refractivity contribution in [2.45, 2.75) is 25.0 Å². The Bertz CT molecular complexity index is 461. The van der Waals surface area contributed by atoms with Gasteiger partial charge >= 0.3 is 0 Å². The number of carbonyl (C=O) groups excluding carboxylic acids is 1. The van der Waals surface area contributed by atoms with Crippen LogP contribution in [0.25, 0.3) is 0 Å². The predicted molar refractivity (Wildman–Crippen MR) is 73.2 cm³/mol. The van der Waals surface area contributed by atoms with Gasteiger partial charge in [-0.2, -0.15) is 0 Å². The zero-order valence-electron chi connectivity index (χ0n) is 10.3. The summed E-state index contributed by atoms with van der Waals surface area (Å²) in [5, 5.41) is 3.04. The Hall–Kier alpha value is -1.07. The second-order valence-corrected chi connectivity index (χ2v) is 6.10. The fourth-order valence-electron chi connectivity index (χ4n) is 2.45. The first-order chi connectivity index (χ1) is 8.74. The Kier molecular flexibility index (Phi) is 3.26. The van der Waals surface area contributed by atoms with Crippen LogP contribution in [0.2, 0.25) is 0 Å². The van der Waals surface area contributed by atoms with Crippen molar-refractivity contribution in [1.82, 2.24) is 9.71 Å². The van der Waals surface area contributed by atoms with Crippen LogP contribution in [0.3, 0.4) is 0 Å². The number of carbonyl (C=O) groups is 1. The van der Waals surface area contributed by atoms with Crippen molar-refractivity contribution in [1.29, 1.82) is 0 Å². The molecule has 2 fully saturated rings. The molecule has 3 rings (SSSR count). The van der Waals surface area contributed by atoms with Crippen LogP contribution in [0.15, 0.2) is 18.3 Å². The molecule has 2 unspecified atom stereocenters. The maximum absolute atomic E-state index is 12.3. The third-order valence-corrected chi connectivity index (χ3v) is 4.72. The van der Waals surface area contributed by atoms with Crippen molar-refractivity contribution >= 4 is 23.5 Å². The van der Waals surface area contributed by atoms with Crippen LogP contribution < -0.4 is 10.0 Å².